The number of benzene rings is 2. The van der Waals surface area contributed by atoms with Crippen LogP contribution in [0.2, 0.25) is 0 Å². The molecule has 2 aromatic carbocycles. The van der Waals surface area contributed by atoms with Crippen LogP contribution in [0.3, 0.4) is 0 Å². The summed E-state index contributed by atoms with van der Waals surface area (Å²) in [4.78, 5) is 0. The molecule has 0 saturated heterocycles. The van der Waals surface area contributed by atoms with Gasteiger partial charge >= 0.3 is 0 Å². The molecule has 0 fully saturated rings. The highest BCUT2D eigenvalue weighted by Crippen LogP contribution is 2.29. The molecule has 0 atom stereocenters. The van der Waals surface area contributed by atoms with Gasteiger partial charge in [-0.1, -0.05) is 35.0 Å². The highest BCUT2D eigenvalue weighted by atomic mass is 16.5. The maximum atomic E-state index is 5.67. The Morgan fingerprint density at radius 3 is 2.83 bits per heavy atom. The standard InChI is InChI=1S/C15H14N2O/c1-10-3-2-4-12(7-10)15-13-8-11(9-16)5-6-14(13)17-18-15/h2-8H,9,16H2,1H3. The van der Waals surface area contributed by atoms with Crippen LogP contribution in [0, 0.1) is 6.92 Å². The van der Waals surface area contributed by atoms with Crippen LogP contribution in [0.5, 0.6) is 0 Å². The molecule has 3 aromatic rings. The van der Waals surface area contributed by atoms with E-state index in [2.05, 4.69) is 24.2 Å². The Balaban J connectivity index is 2.22. The van der Waals surface area contributed by atoms with Crippen molar-refractivity contribution in [3.05, 3.63) is 53.6 Å². The molecule has 18 heavy (non-hydrogen) atoms. The smallest absolute Gasteiger partial charge is 0.174 e. The molecule has 0 amide bonds. The van der Waals surface area contributed by atoms with Crippen LogP contribution in [-0.4, -0.2) is 5.16 Å². The number of rotatable bonds is 2. The van der Waals surface area contributed by atoms with E-state index in [-0.39, 0.29) is 0 Å². The van der Waals surface area contributed by atoms with Crippen molar-refractivity contribution in [2.45, 2.75) is 13.5 Å². The van der Waals surface area contributed by atoms with Gasteiger partial charge in [0.05, 0.1) is 5.39 Å². The summed E-state index contributed by atoms with van der Waals surface area (Å²) in [6.45, 7) is 2.59. The van der Waals surface area contributed by atoms with Crippen molar-refractivity contribution in [1.82, 2.24) is 5.16 Å². The Morgan fingerprint density at radius 2 is 2.06 bits per heavy atom. The fourth-order valence-corrected chi connectivity index (χ4v) is 2.11. The minimum atomic E-state index is 0.522. The van der Waals surface area contributed by atoms with Gasteiger partial charge in [0.15, 0.2) is 5.76 Å². The fourth-order valence-electron chi connectivity index (χ4n) is 2.11. The highest BCUT2D eigenvalue weighted by molar-refractivity contribution is 5.92. The van der Waals surface area contributed by atoms with Crippen LogP contribution < -0.4 is 5.73 Å². The molecule has 3 nitrogen and oxygen atoms in total. The number of fused-ring (bicyclic) bond motifs is 1. The summed E-state index contributed by atoms with van der Waals surface area (Å²) in [6, 6.07) is 14.2. The van der Waals surface area contributed by atoms with E-state index >= 15 is 0 Å². The zero-order chi connectivity index (χ0) is 12.5. The molecule has 1 aromatic heterocycles. The van der Waals surface area contributed by atoms with Gasteiger partial charge in [-0.05, 0) is 30.7 Å². The number of nitrogens with two attached hydrogens (primary N) is 1. The quantitative estimate of drug-likeness (QED) is 0.745. The second-order valence-electron chi connectivity index (χ2n) is 4.44. The second kappa shape index (κ2) is 4.27. The topological polar surface area (TPSA) is 52.0 Å². The van der Waals surface area contributed by atoms with Crippen molar-refractivity contribution < 1.29 is 4.52 Å². The van der Waals surface area contributed by atoms with Crippen molar-refractivity contribution in [3.8, 4) is 11.3 Å². The summed E-state index contributed by atoms with van der Waals surface area (Å²) in [5.41, 5.74) is 9.87. The minimum Gasteiger partial charge on any atom is -0.355 e. The van der Waals surface area contributed by atoms with E-state index in [0.717, 1.165) is 27.8 Å². The lowest BCUT2D eigenvalue weighted by Gasteiger charge is -2.00. The van der Waals surface area contributed by atoms with E-state index in [1.54, 1.807) is 0 Å². The predicted molar refractivity (Wildman–Crippen MR) is 72.1 cm³/mol. The van der Waals surface area contributed by atoms with Gasteiger partial charge in [-0.25, -0.2) is 0 Å². The molecule has 0 radical (unpaired) electrons. The maximum Gasteiger partial charge on any atom is 0.174 e. The molecule has 0 saturated carbocycles. The molecular weight excluding hydrogens is 224 g/mol. The Labute approximate surface area is 105 Å². The molecule has 0 spiro atoms. The number of aromatic nitrogens is 1. The summed E-state index contributed by atoms with van der Waals surface area (Å²) >= 11 is 0. The lowest BCUT2D eigenvalue weighted by molar-refractivity contribution is 0.441. The maximum absolute atomic E-state index is 5.67. The molecule has 0 aliphatic carbocycles. The van der Waals surface area contributed by atoms with E-state index in [1.807, 2.05) is 30.3 Å². The third-order valence-corrected chi connectivity index (χ3v) is 3.06. The van der Waals surface area contributed by atoms with Gasteiger partial charge in [-0.15, -0.1) is 0 Å². The van der Waals surface area contributed by atoms with Crippen LogP contribution >= 0.6 is 0 Å². The van der Waals surface area contributed by atoms with Crippen LogP contribution in [0.4, 0.5) is 0 Å². The SMILES string of the molecule is Cc1cccc(-c2onc3ccc(CN)cc23)c1. The highest BCUT2D eigenvalue weighted by Gasteiger charge is 2.11. The number of hydrogen-bond donors (Lipinski definition) is 1. The monoisotopic (exact) mass is 238 g/mol. The second-order valence-corrected chi connectivity index (χ2v) is 4.44. The summed E-state index contributed by atoms with van der Waals surface area (Å²) in [5.74, 6) is 0.809. The Hall–Kier alpha value is -2.13. The van der Waals surface area contributed by atoms with E-state index < -0.39 is 0 Å². The lowest BCUT2D eigenvalue weighted by atomic mass is 10.0. The first-order valence-electron chi connectivity index (χ1n) is 5.93. The van der Waals surface area contributed by atoms with Crippen LogP contribution in [0.25, 0.3) is 22.2 Å². The van der Waals surface area contributed by atoms with Crippen molar-refractivity contribution in [2.75, 3.05) is 0 Å². The number of hydrogen-bond acceptors (Lipinski definition) is 3. The summed E-state index contributed by atoms with van der Waals surface area (Å²) in [5, 5.41) is 5.10. The normalized spacial score (nSPS) is 11.0. The molecule has 90 valence electrons. The molecule has 0 aliphatic rings. The zero-order valence-electron chi connectivity index (χ0n) is 10.2. The largest absolute Gasteiger partial charge is 0.355 e. The first-order chi connectivity index (χ1) is 8.78. The molecule has 1 heterocycles. The summed E-state index contributed by atoms with van der Waals surface area (Å²) < 4.78 is 5.46. The summed E-state index contributed by atoms with van der Waals surface area (Å²) in [7, 11) is 0. The minimum absolute atomic E-state index is 0.522. The third-order valence-electron chi connectivity index (χ3n) is 3.06. The molecule has 0 aliphatic heterocycles. The van der Waals surface area contributed by atoms with Gasteiger partial charge in [-0.3, -0.25) is 0 Å². The summed E-state index contributed by atoms with van der Waals surface area (Å²) in [6.07, 6.45) is 0. The first kappa shape index (κ1) is 11.0. The van der Waals surface area contributed by atoms with Crippen molar-refractivity contribution >= 4 is 10.9 Å². The van der Waals surface area contributed by atoms with Gasteiger partial charge in [-0.2, -0.15) is 0 Å². The molecule has 2 N–H and O–H groups in total. The molecule has 0 unspecified atom stereocenters. The van der Waals surface area contributed by atoms with E-state index in [4.69, 9.17) is 10.3 Å². The molecule has 0 bridgehead atoms. The Morgan fingerprint density at radius 1 is 1.17 bits per heavy atom. The van der Waals surface area contributed by atoms with Crippen molar-refractivity contribution in [1.29, 1.82) is 0 Å². The van der Waals surface area contributed by atoms with Gasteiger partial charge in [0.1, 0.15) is 5.52 Å². The number of nitrogens with zero attached hydrogens (tertiary/aromatic N) is 1. The van der Waals surface area contributed by atoms with Gasteiger partial charge in [0.2, 0.25) is 0 Å². The van der Waals surface area contributed by atoms with Gasteiger partial charge in [0.25, 0.3) is 0 Å². The van der Waals surface area contributed by atoms with Gasteiger partial charge < -0.3 is 10.3 Å². The fraction of sp³-hybridized carbons (Fsp3) is 0.133. The van der Waals surface area contributed by atoms with Crippen molar-refractivity contribution in [2.24, 2.45) is 5.73 Å². The third kappa shape index (κ3) is 1.79. The average molecular weight is 238 g/mol. The first-order valence-corrected chi connectivity index (χ1v) is 5.93. The molecule has 3 rings (SSSR count). The number of aryl methyl sites for hydroxylation is 1. The van der Waals surface area contributed by atoms with E-state index in [9.17, 15) is 0 Å². The molecule has 3 heteroatoms. The lowest BCUT2D eigenvalue weighted by Crippen LogP contribution is -1.95. The van der Waals surface area contributed by atoms with Crippen LogP contribution in [0.15, 0.2) is 47.0 Å². The van der Waals surface area contributed by atoms with Crippen LogP contribution in [-0.2, 0) is 6.54 Å². The van der Waals surface area contributed by atoms with E-state index in [0.29, 0.717) is 6.54 Å². The Bertz CT molecular complexity index is 701. The van der Waals surface area contributed by atoms with Gasteiger partial charge in [0, 0.05) is 12.1 Å². The van der Waals surface area contributed by atoms with E-state index in [1.165, 1.54) is 5.56 Å². The van der Waals surface area contributed by atoms with Crippen LogP contribution in [0.1, 0.15) is 11.1 Å². The molecular formula is C15H14N2O. The van der Waals surface area contributed by atoms with Crippen molar-refractivity contribution in [3.63, 3.8) is 0 Å². The zero-order valence-corrected chi connectivity index (χ0v) is 10.2. The predicted octanol–water partition coefficient (Wildman–Crippen LogP) is 3.26. The Kier molecular flexibility index (Phi) is 2.61. The average Bonchev–Trinajstić information content (AvgIpc) is 2.81.